The fraction of sp³-hybridized carbons (Fsp3) is 0.200. The number of carboxylic acids is 1. The second-order valence-electron chi connectivity index (χ2n) is 3.20. The maximum absolute atomic E-state index is 10.7. The van der Waals surface area contributed by atoms with Crippen LogP contribution in [0.15, 0.2) is 29.9 Å². The van der Waals surface area contributed by atoms with E-state index in [0.29, 0.717) is 0 Å². The van der Waals surface area contributed by atoms with Gasteiger partial charge in [0.1, 0.15) is 6.04 Å². The Morgan fingerprint density at radius 3 is 3.07 bits per heavy atom. The van der Waals surface area contributed by atoms with E-state index in [1.165, 1.54) is 4.68 Å². The van der Waals surface area contributed by atoms with Gasteiger partial charge in [-0.25, -0.2) is 4.79 Å². The fourth-order valence-electron chi connectivity index (χ4n) is 1.23. The van der Waals surface area contributed by atoms with Crippen molar-refractivity contribution in [2.45, 2.75) is 13.0 Å². The Morgan fingerprint density at radius 1 is 1.67 bits per heavy atom. The minimum atomic E-state index is -0.879. The van der Waals surface area contributed by atoms with Gasteiger partial charge in [-0.15, -0.1) is 11.3 Å². The quantitative estimate of drug-likeness (QED) is 0.866. The molecule has 2 heterocycles. The lowest BCUT2D eigenvalue weighted by Gasteiger charge is -2.04. The largest absolute Gasteiger partial charge is 0.480 e. The van der Waals surface area contributed by atoms with Crippen molar-refractivity contribution in [2.75, 3.05) is 0 Å². The average molecular weight is 222 g/mol. The molecule has 2 rings (SSSR count). The van der Waals surface area contributed by atoms with E-state index in [2.05, 4.69) is 5.10 Å². The number of carbonyl (C=O) groups is 1. The number of rotatable bonds is 3. The number of hydrogen-bond donors (Lipinski definition) is 1. The van der Waals surface area contributed by atoms with Gasteiger partial charge in [0.2, 0.25) is 0 Å². The smallest absolute Gasteiger partial charge is 0.328 e. The van der Waals surface area contributed by atoms with Gasteiger partial charge in [0.05, 0.1) is 6.20 Å². The van der Waals surface area contributed by atoms with Gasteiger partial charge in [0.25, 0.3) is 0 Å². The van der Waals surface area contributed by atoms with Gasteiger partial charge in [-0.1, -0.05) is 6.07 Å². The third kappa shape index (κ3) is 1.92. The molecule has 0 aliphatic rings. The third-order valence-corrected chi connectivity index (χ3v) is 3.08. The summed E-state index contributed by atoms with van der Waals surface area (Å²) in [6.45, 7) is 1.60. The summed E-state index contributed by atoms with van der Waals surface area (Å²) in [6, 6.07) is 3.31. The van der Waals surface area contributed by atoms with Crippen LogP contribution in [0.3, 0.4) is 0 Å². The van der Waals surface area contributed by atoms with Crippen molar-refractivity contribution in [3.8, 4) is 10.4 Å². The average Bonchev–Trinajstić information content (AvgIpc) is 2.86. The molecule has 0 spiro atoms. The first-order chi connectivity index (χ1) is 7.18. The molecule has 0 aliphatic heterocycles. The summed E-state index contributed by atoms with van der Waals surface area (Å²) in [4.78, 5) is 11.8. The van der Waals surface area contributed by atoms with Crippen molar-refractivity contribution in [1.29, 1.82) is 0 Å². The SMILES string of the molecule is CC(C(=O)O)n1cc(-c2cccs2)cn1. The van der Waals surface area contributed by atoms with Crippen LogP contribution in [0.2, 0.25) is 0 Å². The lowest BCUT2D eigenvalue weighted by atomic mass is 10.3. The van der Waals surface area contributed by atoms with E-state index in [4.69, 9.17) is 5.11 Å². The van der Waals surface area contributed by atoms with Crippen LogP contribution in [0.4, 0.5) is 0 Å². The maximum Gasteiger partial charge on any atom is 0.328 e. The molecule has 0 saturated heterocycles. The van der Waals surface area contributed by atoms with E-state index >= 15 is 0 Å². The molecule has 1 atom stereocenters. The van der Waals surface area contributed by atoms with Gasteiger partial charge in [0.15, 0.2) is 0 Å². The minimum absolute atomic E-state index is 0.626. The molecule has 0 aliphatic carbocycles. The molecule has 0 saturated carbocycles. The Morgan fingerprint density at radius 2 is 2.47 bits per heavy atom. The Kier molecular flexibility index (Phi) is 2.55. The summed E-state index contributed by atoms with van der Waals surface area (Å²) >= 11 is 1.61. The normalized spacial score (nSPS) is 12.6. The number of thiophene rings is 1. The van der Waals surface area contributed by atoms with Crippen LogP contribution in [0.25, 0.3) is 10.4 Å². The van der Waals surface area contributed by atoms with Gasteiger partial charge in [-0.3, -0.25) is 4.68 Å². The number of aromatic nitrogens is 2. The first-order valence-electron chi connectivity index (χ1n) is 4.49. The van der Waals surface area contributed by atoms with E-state index in [9.17, 15) is 4.79 Å². The van der Waals surface area contributed by atoms with Crippen LogP contribution in [0.5, 0.6) is 0 Å². The van der Waals surface area contributed by atoms with Crippen molar-refractivity contribution in [3.63, 3.8) is 0 Å². The molecule has 0 radical (unpaired) electrons. The first-order valence-corrected chi connectivity index (χ1v) is 5.37. The molecule has 5 heteroatoms. The lowest BCUT2D eigenvalue weighted by Crippen LogP contribution is -2.15. The Labute approximate surface area is 90.8 Å². The van der Waals surface area contributed by atoms with Crippen LogP contribution >= 0.6 is 11.3 Å². The molecule has 0 fully saturated rings. The number of nitrogens with zero attached hydrogens (tertiary/aromatic N) is 2. The highest BCUT2D eigenvalue weighted by atomic mass is 32.1. The molecule has 4 nitrogen and oxygen atoms in total. The van der Waals surface area contributed by atoms with Crippen molar-refractivity contribution in [2.24, 2.45) is 0 Å². The van der Waals surface area contributed by atoms with Crippen LogP contribution in [0, 0.1) is 0 Å². The molecule has 0 aromatic carbocycles. The number of aliphatic carboxylic acids is 1. The van der Waals surface area contributed by atoms with E-state index in [1.54, 1.807) is 30.7 Å². The monoisotopic (exact) mass is 222 g/mol. The molecule has 1 N–H and O–H groups in total. The zero-order chi connectivity index (χ0) is 10.8. The van der Waals surface area contributed by atoms with Crippen molar-refractivity contribution in [1.82, 2.24) is 9.78 Å². The van der Waals surface area contributed by atoms with E-state index in [0.717, 1.165) is 10.4 Å². The third-order valence-electron chi connectivity index (χ3n) is 2.16. The molecule has 15 heavy (non-hydrogen) atoms. The number of carboxylic acid groups (broad SMARTS) is 1. The van der Waals surface area contributed by atoms with Crippen LogP contribution in [-0.2, 0) is 4.79 Å². The molecule has 0 bridgehead atoms. The van der Waals surface area contributed by atoms with E-state index < -0.39 is 12.0 Å². The van der Waals surface area contributed by atoms with Crippen LogP contribution in [0.1, 0.15) is 13.0 Å². The highest BCUT2D eigenvalue weighted by Gasteiger charge is 2.14. The molecule has 78 valence electrons. The summed E-state index contributed by atoms with van der Waals surface area (Å²) in [5.41, 5.74) is 0.957. The summed E-state index contributed by atoms with van der Waals surface area (Å²) < 4.78 is 1.46. The predicted octanol–water partition coefficient (Wildman–Crippen LogP) is 2.26. The maximum atomic E-state index is 10.7. The molecule has 0 amide bonds. The van der Waals surface area contributed by atoms with E-state index in [1.807, 2.05) is 17.5 Å². The number of hydrogen-bond acceptors (Lipinski definition) is 3. The second-order valence-corrected chi connectivity index (χ2v) is 4.15. The second kappa shape index (κ2) is 3.86. The van der Waals surface area contributed by atoms with Crippen LogP contribution in [-0.4, -0.2) is 20.9 Å². The molecule has 2 aromatic rings. The topological polar surface area (TPSA) is 55.1 Å². The van der Waals surface area contributed by atoms with Gasteiger partial charge >= 0.3 is 5.97 Å². The Hall–Kier alpha value is -1.62. The summed E-state index contributed by atoms with van der Waals surface area (Å²) in [7, 11) is 0. The zero-order valence-electron chi connectivity index (χ0n) is 8.12. The summed E-state index contributed by atoms with van der Waals surface area (Å²) in [6.07, 6.45) is 3.44. The molecular weight excluding hydrogens is 212 g/mol. The van der Waals surface area contributed by atoms with Crippen molar-refractivity contribution in [3.05, 3.63) is 29.9 Å². The standard InChI is InChI=1S/C10H10N2O2S/c1-7(10(13)14)12-6-8(5-11-12)9-3-2-4-15-9/h2-7H,1H3,(H,13,14). The fourth-order valence-corrected chi connectivity index (χ4v) is 1.94. The Balaban J connectivity index is 2.28. The van der Waals surface area contributed by atoms with E-state index in [-0.39, 0.29) is 0 Å². The van der Waals surface area contributed by atoms with Gasteiger partial charge in [-0.05, 0) is 18.4 Å². The van der Waals surface area contributed by atoms with Crippen molar-refractivity contribution >= 4 is 17.3 Å². The Bertz CT molecular complexity index is 461. The minimum Gasteiger partial charge on any atom is -0.480 e. The van der Waals surface area contributed by atoms with Gasteiger partial charge < -0.3 is 5.11 Å². The highest BCUT2D eigenvalue weighted by molar-refractivity contribution is 7.13. The first kappa shape index (κ1) is 9.92. The lowest BCUT2D eigenvalue weighted by molar-refractivity contribution is -0.140. The molecule has 2 aromatic heterocycles. The van der Waals surface area contributed by atoms with Crippen LogP contribution < -0.4 is 0 Å². The molecular formula is C10H10N2O2S. The molecule has 1 unspecified atom stereocenters. The van der Waals surface area contributed by atoms with Crippen molar-refractivity contribution < 1.29 is 9.90 Å². The predicted molar refractivity (Wildman–Crippen MR) is 57.9 cm³/mol. The van der Waals surface area contributed by atoms with Gasteiger partial charge in [0, 0.05) is 16.6 Å². The summed E-state index contributed by atoms with van der Waals surface area (Å²) in [5.74, 6) is -0.879. The summed E-state index contributed by atoms with van der Waals surface area (Å²) in [5, 5.41) is 14.8. The van der Waals surface area contributed by atoms with Gasteiger partial charge in [-0.2, -0.15) is 5.10 Å². The zero-order valence-corrected chi connectivity index (χ0v) is 8.94. The highest BCUT2D eigenvalue weighted by Crippen LogP contribution is 2.24.